The van der Waals surface area contributed by atoms with Crippen molar-refractivity contribution < 1.29 is 0 Å². The Hall–Kier alpha value is -0.0400. The Morgan fingerprint density at radius 3 is 1.86 bits per heavy atom. The summed E-state index contributed by atoms with van der Waals surface area (Å²) in [6, 6.07) is 0. The number of hydrogen-bond donors (Lipinski definition) is 1. The van der Waals surface area contributed by atoms with Crippen LogP contribution in [0.3, 0.4) is 0 Å². The quantitative estimate of drug-likeness (QED) is 0.625. The van der Waals surface area contributed by atoms with Crippen LogP contribution in [0.4, 0.5) is 0 Å². The first-order valence-electron chi connectivity index (χ1n) is 6.36. The molecule has 1 nitrogen and oxygen atoms in total. The predicted octanol–water partition coefficient (Wildman–Crippen LogP) is 4.11. The Morgan fingerprint density at radius 2 is 1.50 bits per heavy atom. The van der Waals surface area contributed by atoms with Crippen molar-refractivity contribution in [2.75, 3.05) is 0 Å². The van der Waals surface area contributed by atoms with Crippen molar-refractivity contribution in [2.24, 2.45) is 11.7 Å². The van der Waals surface area contributed by atoms with Crippen LogP contribution >= 0.6 is 0 Å². The molecule has 0 saturated heterocycles. The summed E-state index contributed by atoms with van der Waals surface area (Å²) in [6.07, 6.45) is 8.62. The molecule has 0 heterocycles. The van der Waals surface area contributed by atoms with Crippen molar-refractivity contribution in [2.45, 2.75) is 78.2 Å². The van der Waals surface area contributed by atoms with Crippen molar-refractivity contribution in [1.29, 1.82) is 0 Å². The molecule has 0 amide bonds. The van der Waals surface area contributed by atoms with Crippen LogP contribution in [-0.2, 0) is 0 Å². The summed E-state index contributed by atoms with van der Waals surface area (Å²) in [5.41, 5.74) is 6.55. The Labute approximate surface area is 90.5 Å². The molecule has 1 heteroatoms. The molecule has 0 rings (SSSR count). The molecule has 14 heavy (non-hydrogen) atoms. The second-order valence-corrected chi connectivity index (χ2v) is 4.91. The van der Waals surface area contributed by atoms with Gasteiger partial charge in [-0.1, -0.05) is 47.0 Å². The van der Waals surface area contributed by atoms with Crippen LogP contribution in [0, 0.1) is 5.92 Å². The molecule has 0 radical (unpaired) electrons. The van der Waals surface area contributed by atoms with E-state index in [-0.39, 0.29) is 5.54 Å². The average molecular weight is 199 g/mol. The third-order valence-electron chi connectivity index (χ3n) is 3.33. The van der Waals surface area contributed by atoms with Crippen LogP contribution in [0.25, 0.3) is 0 Å². The third-order valence-corrected chi connectivity index (χ3v) is 3.33. The van der Waals surface area contributed by atoms with Crippen LogP contribution in [0.15, 0.2) is 0 Å². The molecule has 0 aromatic rings. The van der Waals surface area contributed by atoms with Crippen LogP contribution in [0.2, 0.25) is 0 Å². The normalized spacial score (nSPS) is 14.4. The van der Waals surface area contributed by atoms with Gasteiger partial charge < -0.3 is 5.73 Å². The Balaban J connectivity index is 3.94. The zero-order chi connectivity index (χ0) is 11.0. The number of hydrogen-bond acceptors (Lipinski definition) is 1. The highest BCUT2D eigenvalue weighted by Gasteiger charge is 2.22. The number of rotatable bonds is 8. The van der Waals surface area contributed by atoms with Gasteiger partial charge in [0.25, 0.3) is 0 Å². The predicted molar refractivity (Wildman–Crippen MR) is 65.4 cm³/mol. The van der Waals surface area contributed by atoms with Crippen LogP contribution in [0.1, 0.15) is 72.6 Å². The van der Waals surface area contributed by atoms with E-state index in [9.17, 15) is 0 Å². The van der Waals surface area contributed by atoms with Gasteiger partial charge in [-0.05, 0) is 31.6 Å². The van der Waals surface area contributed by atoms with Crippen molar-refractivity contribution in [3.8, 4) is 0 Å². The van der Waals surface area contributed by atoms with Gasteiger partial charge in [-0.2, -0.15) is 0 Å². The molecule has 0 spiro atoms. The highest BCUT2D eigenvalue weighted by molar-refractivity contribution is 4.83. The second-order valence-electron chi connectivity index (χ2n) is 4.91. The maximum atomic E-state index is 6.42. The first-order chi connectivity index (χ1) is 6.58. The lowest BCUT2D eigenvalue weighted by Crippen LogP contribution is -2.39. The molecule has 0 aliphatic carbocycles. The van der Waals surface area contributed by atoms with Gasteiger partial charge in [0.1, 0.15) is 0 Å². The van der Waals surface area contributed by atoms with E-state index in [0.29, 0.717) is 0 Å². The molecule has 0 bridgehead atoms. The van der Waals surface area contributed by atoms with E-state index < -0.39 is 0 Å². The summed E-state index contributed by atoms with van der Waals surface area (Å²) in [7, 11) is 0. The van der Waals surface area contributed by atoms with Crippen LogP contribution in [0.5, 0.6) is 0 Å². The second kappa shape index (κ2) is 7.28. The van der Waals surface area contributed by atoms with Gasteiger partial charge in [0, 0.05) is 5.54 Å². The first kappa shape index (κ1) is 14.0. The van der Waals surface area contributed by atoms with E-state index in [0.717, 1.165) is 5.92 Å². The van der Waals surface area contributed by atoms with Crippen molar-refractivity contribution in [1.82, 2.24) is 0 Å². The first-order valence-corrected chi connectivity index (χ1v) is 6.36. The average Bonchev–Trinajstić information content (AvgIpc) is 2.15. The Bertz CT molecular complexity index is 125. The summed E-state index contributed by atoms with van der Waals surface area (Å²) in [5.74, 6) is 0.839. The summed E-state index contributed by atoms with van der Waals surface area (Å²) < 4.78 is 0. The SMILES string of the molecule is CCCC(N)(CCC)CCC(C)CC. The van der Waals surface area contributed by atoms with Crippen molar-refractivity contribution in [3.05, 3.63) is 0 Å². The topological polar surface area (TPSA) is 26.0 Å². The van der Waals surface area contributed by atoms with E-state index in [2.05, 4.69) is 27.7 Å². The van der Waals surface area contributed by atoms with Gasteiger partial charge in [0.05, 0.1) is 0 Å². The minimum atomic E-state index is 0.132. The highest BCUT2D eigenvalue weighted by atomic mass is 14.7. The van der Waals surface area contributed by atoms with E-state index in [4.69, 9.17) is 5.73 Å². The lowest BCUT2D eigenvalue weighted by molar-refractivity contribution is 0.301. The fraction of sp³-hybridized carbons (Fsp3) is 1.00. The molecular formula is C13H29N. The molecule has 86 valence electrons. The molecule has 0 aliphatic heterocycles. The van der Waals surface area contributed by atoms with Gasteiger partial charge in [-0.3, -0.25) is 0 Å². The Morgan fingerprint density at radius 1 is 1.00 bits per heavy atom. The molecule has 0 aliphatic rings. The molecular weight excluding hydrogens is 170 g/mol. The molecule has 2 N–H and O–H groups in total. The monoisotopic (exact) mass is 199 g/mol. The maximum absolute atomic E-state index is 6.42. The molecule has 1 unspecified atom stereocenters. The van der Waals surface area contributed by atoms with E-state index in [1.807, 2.05) is 0 Å². The highest BCUT2D eigenvalue weighted by Crippen LogP contribution is 2.25. The fourth-order valence-electron chi connectivity index (χ4n) is 2.11. The van der Waals surface area contributed by atoms with Crippen molar-refractivity contribution in [3.63, 3.8) is 0 Å². The zero-order valence-electron chi connectivity index (χ0n) is 10.6. The summed E-state index contributed by atoms with van der Waals surface area (Å²) in [4.78, 5) is 0. The van der Waals surface area contributed by atoms with Gasteiger partial charge in [0.2, 0.25) is 0 Å². The van der Waals surface area contributed by atoms with Crippen LogP contribution in [-0.4, -0.2) is 5.54 Å². The molecule has 0 fully saturated rings. The smallest absolute Gasteiger partial charge is 0.0154 e. The van der Waals surface area contributed by atoms with E-state index in [1.165, 1.54) is 44.9 Å². The van der Waals surface area contributed by atoms with Gasteiger partial charge in [0.15, 0.2) is 0 Å². The van der Waals surface area contributed by atoms with Gasteiger partial charge in [-0.15, -0.1) is 0 Å². The molecule has 1 atom stereocenters. The zero-order valence-corrected chi connectivity index (χ0v) is 10.6. The third kappa shape index (κ3) is 5.64. The molecule has 0 aromatic carbocycles. The van der Waals surface area contributed by atoms with E-state index in [1.54, 1.807) is 0 Å². The lowest BCUT2D eigenvalue weighted by atomic mass is 9.83. The number of nitrogens with two attached hydrogens (primary N) is 1. The van der Waals surface area contributed by atoms with Crippen molar-refractivity contribution >= 4 is 0 Å². The fourth-order valence-corrected chi connectivity index (χ4v) is 2.11. The maximum Gasteiger partial charge on any atom is 0.0154 e. The minimum Gasteiger partial charge on any atom is -0.325 e. The minimum absolute atomic E-state index is 0.132. The summed E-state index contributed by atoms with van der Waals surface area (Å²) in [5, 5.41) is 0. The van der Waals surface area contributed by atoms with E-state index >= 15 is 0 Å². The Kier molecular flexibility index (Phi) is 7.26. The molecule has 0 saturated carbocycles. The standard InChI is InChI=1S/C13H29N/c1-5-9-13(14,10-6-2)11-8-12(4)7-3/h12H,5-11,14H2,1-4H3. The summed E-state index contributed by atoms with van der Waals surface area (Å²) in [6.45, 7) is 9.07. The molecule has 0 aromatic heterocycles. The van der Waals surface area contributed by atoms with Gasteiger partial charge >= 0.3 is 0 Å². The van der Waals surface area contributed by atoms with Crippen LogP contribution < -0.4 is 5.73 Å². The largest absolute Gasteiger partial charge is 0.325 e. The van der Waals surface area contributed by atoms with Gasteiger partial charge in [-0.25, -0.2) is 0 Å². The lowest BCUT2D eigenvalue weighted by Gasteiger charge is -2.30. The summed E-state index contributed by atoms with van der Waals surface area (Å²) >= 11 is 0.